The van der Waals surface area contributed by atoms with E-state index in [2.05, 4.69) is 4.90 Å². The number of nitrogens with zero attached hydrogens (tertiary/aromatic N) is 2. The van der Waals surface area contributed by atoms with Gasteiger partial charge in [0.25, 0.3) is 0 Å². The Kier molecular flexibility index (Phi) is 4.95. The second kappa shape index (κ2) is 6.53. The Bertz CT molecular complexity index is 581. The molecule has 1 aliphatic heterocycles. The number of sulfonamides is 1. The van der Waals surface area contributed by atoms with E-state index in [1.807, 2.05) is 25.1 Å². The summed E-state index contributed by atoms with van der Waals surface area (Å²) in [4.78, 5) is 2.11. The van der Waals surface area contributed by atoms with Gasteiger partial charge < -0.3 is 15.4 Å². The summed E-state index contributed by atoms with van der Waals surface area (Å²) in [6.07, 6.45) is 2.17. The first-order chi connectivity index (χ1) is 9.93. The van der Waals surface area contributed by atoms with E-state index in [1.165, 1.54) is 10.6 Å². The van der Waals surface area contributed by atoms with Crippen molar-refractivity contribution >= 4 is 21.4 Å². The van der Waals surface area contributed by atoms with Crippen molar-refractivity contribution in [2.75, 3.05) is 49.7 Å². The normalized spacial score (nSPS) is 17.0. The van der Waals surface area contributed by atoms with Crippen LogP contribution in [0.25, 0.3) is 0 Å². The molecule has 1 saturated heterocycles. The zero-order valence-electron chi connectivity index (χ0n) is 12.6. The van der Waals surface area contributed by atoms with Gasteiger partial charge in [-0.15, -0.1) is 0 Å². The fourth-order valence-electron chi connectivity index (χ4n) is 2.41. The quantitative estimate of drug-likeness (QED) is 0.825. The summed E-state index contributed by atoms with van der Waals surface area (Å²) in [5.74, 6) is 0.694. The van der Waals surface area contributed by atoms with E-state index >= 15 is 0 Å². The Morgan fingerprint density at radius 1 is 1.24 bits per heavy atom. The van der Waals surface area contributed by atoms with Gasteiger partial charge in [-0.1, -0.05) is 13.0 Å². The molecule has 0 spiro atoms. The number of rotatable bonds is 5. The van der Waals surface area contributed by atoms with Crippen molar-refractivity contribution in [3.05, 3.63) is 18.2 Å². The molecule has 118 valence electrons. The highest BCUT2D eigenvalue weighted by atomic mass is 32.2. The molecule has 2 N–H and O–H groups in total. The Labute approximate surface area is 126 Å². The van der Waals surface area contributed by atoms with Crippen molar-refractivity contribution in [1.82, 2.24) is 4.31 Å². The van der Waals surface area contributed by atoms with Crippen molar-refractivity contribution in [3.8, 4) is 5.75 Å². The second-order valence-corrected chi connectivity index (χ2v) is 7.17. The largest absolute Gasteiger partial charge is 0.491 e. The van der Waals surface area contributed by atoms with E-state index in [1.54, 1.807) is 0 Å². The maximum atomic E-state index is 11.5. The average molecular weight is 313 g/mol. The topological polar surface area (TPSA) is 75.9 Å². The number of anilines is 2. The van der Waals surface area contributed by atoms with E-state index in [0.717, 1.165) is 12.1 Å². The third-order valence-electron chi connectivity index (χ3n) is 3.55. The molecule has 0 saturated carbocycles. The van der Waals surface area contributed by atoms with Crippen LogP contribution >= 0.6 is 0 Å². The van der Waals surface area contributed by atoms with Gasteiger partial charge in [0.05, 0.1) is 24.2 Å². The fraction of sp³-hybridized carbons (Fsp3) is 0.571. The Morgan fingerprint density at radius 2 is 1.90 bits per heavy atom. The molecule has 0 bridgehead atoms. The summed E-state index contributed by atoms with van der Waals surface area (Å²) >= 11 is 0. The van der Waals surface area contributed by atoms with Gasteiger partial charge in [-0.3, -0.25) is 0 Å². The highest BCUT2D eigenvalue weighted by Gasteiger charge is 2.24. The standard InChI is InChI=1S/C14H23N3O3S/c1-3-11-20-13-6-4-5-12(14(13)15)16-7-9-17(10-8-16)21(2,18)19/h4-6H,3,7-11,15H2,1-2H3. The van der Waals surface area contributed by atoms with Gasteiger partial charge in [0, 0.05) is 26.2 Å². The van der Waals surface area contributed by atoms with Gasteiger partial charge in [-0.25, -0.2) is 8.42 Å². The molecule has 1 fully saturated rings. The van der Waals surface area contributed by atoms with Crippen LogP contribution in [-0.4, -0.2) is 51.8 Å². The van der Waals surface area contributed by atoms with E-state index in [-0.39, 0.29) is 0 Å². The van der Waals surface area contributed by atoms with E-state index < -0.39 is 10.0 Å². The molecule has 0 atom stereocenters. The highest BCUT2D eigenvalue weighted by molar-refractivity contribution is 7.88. The first kappa shape index (κ1) is 15.9. The Balaban J connectivity index is 2.10. The molecular formula is C14H23N3O3S. The molecule has 0 radical (unpaired) electrons. The molecule has 0 aliphatic carbocycles. The SMILES string of the molecule is CCCOc1cccc(N2CCN(S(C)(=O)=O)CC2)c1N. The van der Waals surface area contributed by atoms with Crippen LogP contribution < -0.4 is 15.4 Å². The lowest BCUT2D eigenvalue weighted by Crippen LogP contribution is -2.48. The van der Waals surface area contributed by atoms with E-state index in [4.69, 9.17) is 10.5 Å². The minimum atomic E-state index is -3.11. The van der Waals surface area contributed by atoms with Gasteiger partial charge in [-0.05, 0) is 18.6 Å². The summed E-state index contributed by atoms with van der Waals surface area (Å²) in [5.41, 5.74) is 7.71. The molecule has 1 heterocycles. The van der Waals surface area contributed by atoms with E-state index in [0.29, 0.717) is 44.2 Å². The molecule has 1 aromatic carbocycles. The van der Waals surface area contributed by atoms with Gasteiger partial charge >= 0.3 is 0 Å². The van der Waals surface area contributed by atoms with Crippen LogP contribution in [-0.2, 0) is 10.0 Å². The van der Waals surface area contributed by atoms with Crippen molar-refractivity contribution in [2.45, 2.75) is 13.3 Å². The maximum Gasteiger partial charge on any atom is 0.211 e. The summed E-state index contributed by atoms with van der Waals surface area (Å²) in [5, 5.41) is 0. The molecule has 1 aromatic rings. The number of hydrogen-bond donors (Lipinski definition) is 1. The lowest BCUT2D eigenvalue weighted by atomic mass is 10.2. The van der Waals surface area contributed by atoms with Gasteiger partial charge in [-0.2, -0.15) is 4.31 Å². The monoisotopic (exact) mass is 313 g/mol. The van der Waals surface area contributed by atoms with Crippen LogP contribution in [0.2, 0.25) is 0 Å². The van der Waals surface area contributed by atoms with E-state index in [9.17, 15) is 8.42 Å². The smallest absolute Gasteiger partial charge is 0.211 e. The first-order valence-electron chi connectivity index (χ1n) is 7.15. The van der Waals surface area contributed by atoms with Crippen LogP contribution in [0.1, 0.15) is 13.3 Å². The zero-order chi connectivity index (χ0) is 15.5. The minimum absolute atomic E-state index is 0.484. The number of para-hydroxylation sites is 1. The Morgan fingerprint density at radius 3 is 2.48 bits per heavy atom. The summed E-state index contributed by atoms with van der Waals surface area (Å²) in [7, 11) is -3.11. The summed E-state index contributed by atoms with van der Waals surface area (Å²) < 4.78 is 30.2. The third-order valence-corrected chi connectivity index (χ3v) is 4.86. The number of nitrogens with two attached hydrogens (primary N) is 1. The van der Waals surface area contributed by atoms with Crippen LogP contribution in [0.5, 0.6) is 5.75 Å². The molecule has 0 amide bonds. The second-order valence-electron chi connectivity index (χ2n) is 5.19. The molecule has 6 nitrogen and oxygen atoms in total. The zero-order valence-corrected chi connectivity index (χ0v) is 13.4. The number of nitrogen functional groups attached to an aromatic ring is 1. The van der Waals surface area contributed by atoms with Gasteiger partial charge in [0.1, 0.15) is 5.75 Å². The highest BCUT2D eigenvalue weighted by Crippen LogP contribution is 2.33. The third kappa shape index (κ3) is 3.79. The molecule has 1 aliphatic rings. The van der Waals surface area contributed by atoms with Crippen molar-refractivity contribution in [3.63, 3.8) is 0 Å². The lowest BCUT2D eigenvalue weighted by Gasteiger charge is -2.35. The number of ether oxygens (including phenoxy) is 1. The van der Waals surface area contributed by atoms with Crippen molar-refractivity contribution < 1.29 is 13.2 Å². The average Bonchev–Trinajstić information content (AvgIpc) is 2.45. The number of piperazine rings is 1. The maximum absolute atomic E-state index is 11.5. The molecule has 2 rings (SSSR count). The molecule has 0 unspecified atom stereocenters. The minimum Gasteiger partial charge on any atom is -0.491 e. The number of benzene rings is 1. The van der Waals surface area contributed by atoms with Crippen LogP contribution in [0.3, 0.4) is 0 Å². The van der Waals surface area contributed by atoms with Crippen LogP contribution in [0.4, 0.5) is 11.4 Å². The van der Waals surface area contributed by atoms with Crippen LogP contribution in [0, 0.1) is 0 Å². The summed E-state index contributed by atoms with van der Waals surface area (Å²) in [6, 6.07) is 5.73. The Hall–Kier alpha value is -1.47. The first-order valence-corrected chi connectivity index (χ1v) is 8.99. The molecule has 21 heavy (non-hydrogen) atoms. The van der Waals surface area contributed by atoms with Gasteiger partial charge in [0.15, 0.2) is 0 Å². The lowest BCUT2D eigenvalue weighted by molar-refractivity contribution is 0.319. The molecular weight excluding hydrogens is 290 g/mol. The van der Waals surface area contributed by atoms with Crippen molar-refractivity contribution in [1.29, 1.82) is 0 Å². The molecule has 0 aromatic heterocycles. The van der Waals surface area contributed by atoms with Gasteiger partial charge in [0.2, 0.25) is 10.0 Å². The fourth-order valence-corrected chi connectivity index (χ4v) is 3.23. The number of hydrogen-bond acceptors (Lipinski definition) is 5. The predicted octanol–water partition coefficient (Wildman–Crippen LogP) is 1.14. The van der Waals surface area contributed by atoms with Crippen LogP contribution in [0.15, 0.2) is 18.2 Å². The molecule has 7 heteroatoms. The predicted molar refractivity (Wildman–Crippen MR) is 85.3 cm³/mol. The summed E-state index contributed by atoms with van der Waals surface area (Å²) in [6.45, 7) is 4.92. The van der Waals surface area contributed by atoms with Crippen molar-refractivity contribution in [2.24, 2.45) is 0 Å².